The molecule has 1 heterocycles. The fourth-order valence-corrected chi connectivity index (χ4v) is 4.71. The Balaban J connectivity index is 1.68. The predicted octanol–water partition coefficient (Wildman–Crippen LogP) is 5.69. The topological polar surface area (TPSA) is 58.6 Å². The maximum Gasteiger partial charge on any atom is 0.247 e. The van der Waals surface area contributed by atoms with Gasteiger partial charge in [0.05, 0.1) is 13.5 Å². The first-order chi connectivity index (χ1) is 17.5. The molecule has 1 atom stereocenters. The third kappa shape index (κ3) is 6.61. The molecule has 3 aromatic carbocycles. The zero-order valence-electron chi connectivity index (χ0n) is 20.5. The van der Waals surface area contributed by atoms with Crippen LogP contribution >= 0.6 is 11.3 Å². The molecule has 36 heavy (non-hydrogen) atoms. The maximum atomic E-state index is 13.7. The van der Waals surface area contributed by atoms with Crippen molar-refractivity contribution in [3.05, 3.63) is 124 Å². The molecule has 0 spiro atoms. The second kappa shape index (κ2) is 12.2. The monoisotopic (exact) mass is 498 g/mol. The van der Waals surface area contributed by atoms with Gasteiger partial charge in [-0.25, -0.2) is 0 Å². The highest BCUT2D eigenvalue weighted by Gasteiger charge is 2.31. The lowest BCUT2D eigenvalue weighted by molar-refractivity contribution is -0.141. The summed E-state index contributed by atoms with van der Waals surface area (Å²) in [4.78, 5) is 30.1. The summed E-state index contributed by atoms with van der Waals surface area (Å²) in [5.41, 5.74) is 3.83. The Hall–Kier alpha value is -3.90. The normalized spacial score (nSPS) is 11.5. The molecule has 6 heteroatoms. The Morgan fingerprint density at radius 2 is 1.61 bits per heavy atom. The summed E-state index contributed by atoms with van der Waals surface area (Å²) in [6.07, 6.45) is 0.238. The summed E-state index contributed by atoms with van der Waals surface area (Å²) < 4.78 is 5.32. The van der Waals surface area contributed by atoms with Gasteiger partial charge < -0.3 is 15.0 Å². The second-order valence-corrected chi connectivity index (χ2v) is 9.67. The number of nitrogens with one attached hydrogen (secondary N) is 1. The molecule has 0 unspecified atom stereocenters. The molecule has 5 nitrogen and oxygen atoms in total. The van der Waals surface area contributed by atoms with Crippen LogP contribution in [0.15, 0.2) is 96.4 Å². The largest absolute Gasteiger partial charge is 0.497 e. The summed E-state index contributed by atoms with van der Waals surface area (Å²) in [5.74, 6) is 0.363. The number of aryl methyl sites for hydroxylation is 1. The van der Waals surface area contributed by atoms with Crippen LogP contribution in [0.5, 0.6) is 5.75 Å². The van der Waals surface area contributed by atoms with Gasteiger partial charge in [0.2, 0.25) is 11.8 Å². The number of hydrogen-bond donors (Lipinski definition) is 1. The fraction of sp³-hybridized carbons (Fsp3) is 0.200. The molecule has 0 aliphatic carbocycles. The highest BCUT2D eigenvalue weighted by atomic mass is 32.1. The molecular weight excluding hydrogens is 468 g/mol. The number of thiophene rings is 1. The molecule has 0 fully saturated rings. The number of benzene rings is 3. The second-order valence-electron chi connectivity index (χ2n) is 8.64. The molecule has 4 rings (SSSR count). The molecule has 1 N–H and O–H groups in total. The highest BCUT2D eigenvalue weighted by molar-refractivity contribution is 7.10. The van der Waals surface area contributed by atoms with Gasteiger partial charge >= 0.3 is 0 Å². The van der Waals surface area contributed by atoms with Crippen molar-refractivity contribution in [2.24, 2.45) is 0 Å². The minimum Gasteiger partial charge on any atom is -0.497 e. The lowest BCUT2D eigenvalue weighted by atomic mass is 10.0. The van der Waals surface area contributed by atoms with E-state index in [2.05, 4.69) is 5.32 Å². The standard InChI is InChI=1S/C30H30N2O3S/c1-22-10-12-24(13-11-22)21-32(28(33)19-27-9-6-18-36-27)29(25-14-16-26(35-2)17-15-25)30(34)31-20-23-7-4-3-5-8-23/h3-18,29H,19-21H2,1-2H3,(H,31,34)/t29-/m0/s1. The van der Waals surface area contributed by atoms with E-state index in [1.54, 1.807) is 23.3 Å². The average molecular weight is 499 g/mol. The van der Waals surface area contributed by atoms with Gasteiger partial charge in [0.1, 0.15) is 11.8 Å². The van der Waals surface area contributed by atoms with E-state index in [9.17, 15) is 9.59 Å². The molecule has 0 saturated heterocycles. The Kier molecular flexibility index (Phi) is 8.53. The minimum atomic E-state index is -0.798. The number of rotatable bonds is 10. The lowest BCUT2D eigenvalue weighted by Gasteiger charge is -2.32. The van der Waals surface area contributed by atoms with Crippen LogP contribution in [0, 0.1) is 6.92 Å². The highest BCUT2D eigenvalue weighted by Crippen LogP contribution is 2.27. The molecule has 0 bridgehead atoms. The number of ether oxygens (including phenoxy) is 1. The SMILES string of the molecule is COc1ccc([C@@H](C(=O)NCc2ccccc2)N(Cc2ccc(C)cc2)C(=O)Cc2cccs2)cc1. The summed E-state index contributed by atoms with van der Waals surface area (Å²) in [7, 11) is 1.60. The predicted molar refractivity (Wildman–Crippen MR) is 144 cm³/mol. The fourth-order valence-electron chi connectivity index (χ4n) is 4.02. The lowest BCUT2D eigenvalue weighted by Crippen LogP contribution is -2.43. The van der Waals surface area contributed by atoms with E-state index >= 15 is 0 Å². The number of hydrogen-bond acceptors (Lipinski definition) is 4. The van der Waals surface area contributed by atoms with Crippen molar-refractivity contribution in [1.29, 1.82) is 0 Å². The minimum absolute atomic E-state index is 0.103. The molecular formula is C30H30N2O3S. The molecule has 0 aliphatic rings. The Morgan fingerprint density at radius 1 is 0.889 bits per heavy atom. The van der Waals surface area contributed by atoms with Crippen LogP contribution in [0.25, 0.3) is 0 Å². The first-order valence-electron chi connectivity index (χ1n) is 11.9. The van der Waals surface area contributed by atoms with E-state index in [1.807, 2.05) is 103 Å². The molecule has 184 valence electrons. The first-order valence-corrected chi connectivity index (χ1v) is 12.7. The van der Waals surface area contributed by atoms with E-state index in [0.717, 1.165) is 27.1 Å². The van der Waals surface area contributed by atoms with Gasteiger partial charge in [-0.1, -0.05) is 78.4 Å². The van der Waals surface area contributed by atoms with Crippen molar-refractivity contribution in [2.75, 3.05) is 7.11 Å². The van der Waals surface area contributed by atoms with Crippen molar-refractivity contribution in [3.63, 3.8) is 0 Å². The van der Waals surface area contributed by atoms with Gasteiger partial charge in [0.15, 0.2) is 0 Å². The van der Waals surface area contributed by atoms with E-state index in [1.165, 1.54) is 0 Å². The summed E-state index contributed by atoms with van der Waals surface area (Å²) in [6.45, 7) is 2.73. The first kappa shape index (κ1) is 25.2. The number of nitrogens with zero attached hydrogens (tertiary/aromatic N) is 1. The molecule has 1 aromatic heterocycles. The van der Waals surface area contributed by atoms with Crippen molar-refractivity contribution < 1.29 is 14.3 Å². The van der Waals surface area contributed by atoms with Crippen LogP contribution in [0.4, 0.5) is 0 Å². The summed E-state index contributed by atoms with van der Waals surface area (Å²) >= 11 is 1.54. The smallest absolute Gasteiger partial charge is 0.247 e. The molecule has 0 radical (unpaired) electrons. The Bertz CT molecular complexity index is 1250. The van der Waals surface area contributed by atoms with Crippen LogP contribution in [0.3, 0.4) is 0 Å². The van der Waals surface area contributed by atoms with Gasteiger partial charge in [0.25, 0.3) is 0 Å². The van der Waals surface area contributed by atoms with Gasteiger partial charge in [-0.3, -0.25) is 9.59 Å². The van der Waals surface area contributed by atoms with Crippen molar-refractivity contribution in [2.45, 2.75) is 32.5 Å². The van der Waals surface area contributed by atoms with Gasteiger partial charge in [-0.2, -0.15) is 0 Å². The molecule has 0 saturated carbocycles. The van der Waals surface area contributed by atoms with Crippen LogP contribution in [-0.2, 0) is 29.1 Å². The average Bonchev–Trinajstić information content (AvgIpc) is 3.42. The number of carbonyl (C=O) groups excluding carboxylic acids is 2. The van der Waals surface area contributed by atoms with Crippen molar-refractivity contribution >= 4 is 23.2 Å². The molecule has 4 aromatic rings. The van der Waals surface area contributed by atoms with E-state index in [-0.39, 0.29) is 18.2 Å². The van der Waals surface area contributed by atoms with Crippen molar-refractivity contribution in [3.8, 4) is 5.75 Å². The zero-order chi connectivity index (χ0) is 25.3. The van der Waals surface area contributed by atoms with E-state index < -0.39 is 6.04 Å². The van der Waals surface area contributed by atoms with Gasteiger partial charge in [-0.05, 0) is 47.2 Å². The maximum absolute atomic E-state index is 13.7. The number of carbonyl (C=O) groups is 2. The molecule has 2 amide bonds. The van der Waals surface area contributed by atoms with E-state index in [0.29, 0.717) is 18.8 Å². The summed E-state index contributed by atoms with van der Waals surface area (Å²) in [5, 5.41) is 5.01. The van der Waals surface area contributed by atoms with Gasteiger partial charge in [0, 0.05) is 18.0 Å². The Labute approximate surface area is 216 Å². The quantitative estimate of drug-likeness (QED) is 0.305. The van der Waals surface area contributed by atoms with Crippen LogP contribution in [0.2, 0.25) is 0 Å². The zero-order valence-corrected chi connectivity index (χ0v) is 21.3. The Morgan fingerprint density at radius 3 is 2.25 bits per heavy atom. The molecule has 0 aliphatic heterocycles. The number of methoxy groups -OCH3 is 1. The third-order valence-electron chi connectivity index (χ3n) is 6.00. The summed E-state index contributed by atoms with van der Waals surface area (Å²) in [6, 6.07) is 28.3. The van der Waals surface area contributed by atoms with Gasteiger partial charge in [-0.15, -0.1) is 11.3 Å². The third-order valence-corrected chi connectivity index (χ3v) is 6.88. The van der Waals surface area contributed by atoms with E-state index in [4.69, 9.17) is 4.74 Å². The van der Waals surface area contributed by atoms with Crippen molar-refractivity contribution in [1.82, 2.24) is 10.2 Å². The van der Waals surface area contributed by atoms with Crippen LogP contribution in [0.1, 0.15) is 33.2 Å². The number of amides is 2. The van der Waals surface area contributed by atoms with Crippen LogP contribution in [-0.4, -0.2) is 23.8 Å². The van der Waals surface area contributed by atoms with Crippen LogP contribution < -0.4 is 10.1 Å².